The van der Waals surface area contributed by atoms with Crippen LogP contribution in [0.25, 0.3) is 0 Å². The van der Waals surface area contributed by atoms with E-state index < -0.39 is 0 Å². The van der Waals surface area contributed by atoms with Crippen LogP contribution >= 0.6 is 11.3 Å². The fourth-order valence-electron chi connectivity index (χ4n) is 2.94. The van der Waals surface area contributed by atoms with Crippen LogP contribution in [0.5, 0.6) is 0 Å². The quantitative estimate of drug-likeness (QED) is 0.702. The number of carbonyl (C=O) groups is 1. The molecule has 0 bridgehead atoms. The van der Waals surface area contributed by atoms with Crippen molar-refractivity contribution in [3.63, 3.8) is 0 Å². The fraction of sp³-hybridized carbons (Fsp3) is 0.250. The highest BCUT2D eigenvalue weighted by molar-refractivity contribution is 7.09. The molecular weight excluding hydrogens is 332 g/mol. The number of ether oxygens (including phenoxy) is 1. The monoisotopic (exact) mass is 354 g/mol. The smallest absolute Gasteiger partial charge is 0.257 e. The highest BCUT2D eigenvalue weighted by Crippen LogP contribution is 2.21. The number of nitrogens with zero attached hydrogens (tertiary/aromatic N) is 1. The van der Waals surface area contributed by atoms with Crippen LogP contribution in [0.2, 0.25) is 0 Å². The van der Waals surface area contributed by atoms with Crippen molar-refractivity contribution < 1.29 is 9.53 Å². The molecule has 0 unspecified atom stereocenters. The van der Waals surface area contributed by atoms with Gasteiger partial charge in [0.1, 0.15) is 0 Å². The third-order valence-corrected chi connectivity index (χ3v) is 5.07. The molecule has 1 N–H and O–H groups in total. The highest BCUT2D eigenvalue weighted by Gasteiger charge is 2.16. The summed E-state index contributed by atoms with van der Waals surface area (Å²) in [4.78, 5) is 14.0. The molecule has 0 spiro atoms. The highest BCUT2D eigenvalue weighted by atomic mass is 32.1. The maximum absolute atomic E-state index is 12.7. The molecule has 1 amide bonds. The SMILES string of the molecule is COCc1cccc(NC(=O)c2cc(C)n(Cc3cccs3)c2C)c1. The Kier molecular flexibility index (Phi) is 5.36. The Bertz CT molecular complexity index is 866. The molecular formula is C20H22N2O2S. The molecule has 0 saturated carbocycles. The number of benzene rings is 1. The first-order valence-corrected chi connectivity index (χ1v) is 9.05. The molecule has 4 nitrogen and oxygen atoms in total. The van der Waals surface area contributed by atoms with Crippen LogP contribution in [0, 0.1) is 13.8 Å². The topological polar surface area (TPSA) is 43.3 Å². The molecule has 1 aromatic carbocycles. The normalized spacial score (nSPS) is 10.8. The summed E-state index contributed by atoms with van der Waals surface area (Å²) >= 11 is 1.73. The summed E-state index contributed by atoms with van der Waals surface area (Å²) in [5.41, 5.74) is 4.60. The van der Waals surface area contributed by atoms with Gasteiger partial charge in [-0.15, -0.1) is 11.3 Å². The first kappa shape index (κ1) is 17.5. The van der Waals surface area contributed by atoms with E-state index in [0.717, 1.165) is 29.2 Å². The number of hydrogen-bond donors (Lipinski definition) is 1. The standard InChI is InChI=1S/C20H22N2O2S/c1-14-10-19(15(2)22(14)12-18-8-5-9-25-18)20(23)21-17-7-4-6-16(11-17)13-24-3/h4-11H,12-13H2,1-3H3,(H,21,23). The minimum atomic E-state index is -0.0832. The lowest BCUT2D eigenvalue weighted by atomic mass is 10.2. The number of methoxy groups -OCH3 is 1. The van der Waals surface area contributed by atoms with Crippen LogP contribution < -0.4 is 5.32 Å². The lowest BCUT2D eigenvalue weighted by Crippen LogP contribution is -2.13. The van der Waals surface area contributed by atoms with E-state index in [1.165, 1.54) is 4.88 Å². The van der Waals surface area contributed by atoms with E-state index in [2.05, 4.69) is 27.4 Å². The minimum absolute atomic E-state index is 0.0832. The van der Waals surface area contributed by atoms with Crippen molar-refractivity contribution >= 4 is 22.9 Å². The van der Waals surface area contributed by atoms with Crippen molar-refractivity contribution in [3.8, 4) is 0 Å². The third kappa shape index (κ3) is 4.00. The lowest BCUT2D eigenvalue weighted by molar-refractivity contribution is 0.102. The van der Waals surface area contributed by atoms with Crippen molar-refractivity contribution in [2.45, 2.75) is 27.0 Å². The van der Waals surface area contributed by atoms with E-state index >= 15 is 0 Å². The molecule has 0 fully saturated rings. The number of rotatable bonds is 6. The maximum atomic E-state index is 12.7. The van der Waals surface area contributed by atoms with Gasteiger partial charge in [0.25, 0.3) is 5.91 Å². The number of aromatic nitrogens is 1. The second-order valence-corrected chi connectivity index (χ2v) is 7.07. The van der Waals surface area contributed by atoms with Crippen molar-refractivity contribution in [1.82, 2.24) is 4.57 Å². The molecule has 5 heteroatoms. The Morgan fingerprint density at radius 1 is 1.20 bits per heavy atom. The summed E-state index contributed by atoms with van der Waals surface area (Å²) in [6, 6.07) is 13.8. The Hall–Kier alpha value is -2.37. The van der Waals surface area contributed by atoms with Crippen LogP contribution in [0.4, 0.5) is 5.69 Å². The zero-order valence-electron chi connectivity index (χ0n) is 14.7. The molecule has 0 aliphatic carbocycles. The van der Waals surface area contributed by atoms with Crippen molar-refractivity contribution in [2.24, 2.45) is 0 Å². The molecule has 0 atom stereocenters. The predicted octanol–water partition coefficient (Wildman–Crippen LogP) is 4.61. The second kappa shape index (κ2) is 7.68. The molecule has 2 heterocycles. The van der Waals surface area contributed by atoms with Gasteiger partial charge < -0.3 is 14.6 Å². The van der Waals surface area contributed by atoms with Gasteiger partial charge in [-0.3, -0.25) is 4.79 Å². The number of aryl methyl sites for hydroxylation is 1. The molecule has 3 rings (SSSR count). The van der Waals surface area contributed by atoms with E-state index in [1.807, 2.05) is 44.2 Å². The Morgan fingerprint density at radius 3 is 2.76 bits per heavy atom. The summed E-state index contributed by atoms with van der Waals surface area (Å²) in [6.45, 7) is 5.36. The number of nitrogens with one attached hydrogen (secondary N) is 1. The first-order valence-electron chi connectivity index (χ1n) is 8.17. The average molecular weight is 354 g/mol. The van der Waals surface area contributed by atoms with Gasteiger partial charge in [0.15, 0.2) is 0 Å². The van der Waals surface area contributed by atoms with Gasteiger partial charge in [-0.2, -0.15) is 0 Å². The van der Waals surface area contributed by atoms with E-state index in [9.17, 15) is 4.79 Å². The van der Waals surface area contributed by atoms with Crippen LogP contribution in [0.1, 0.15) is 32.2 Å². The fourth-order valence-corrected chi connectivity index (χ4v) is 3.63. The number of carbonyl (C=O) groups excluding carboxylic acids is 1. The van der Waals surface area contributed by atoms with E-state index in [-0.39, 0.29) is 5.91 Å². The zero-order valence-corrected chi connectivity index (χ0v) is 15.5. The largest absolute Gasteiger partial charge is 0.380 e. The number of amides is 1. The molecule has 3 aromatic rings. The van der Waals surface area contributed by atoms with Crippen LogP contribution in [-0.4, -0.2) is 17.6 Å². The third-order valence-electron chi connectivity index (χ3n) is 4.21. The van der Waals surface area contributed by atoms with Gasteiger partial charge >= 0.3 is 0 Å². The van der Waals surface area contributed by atoms with Gasteiger partial charge in [0.2, 0.25) is 0 Å². The lowest BCUT2D eigenvalue weighted by Gasteiger charge is -2.09. The summed E-state index contributed by atoms with van der Waals surface area (Å²) in [7, 11) is 1.66. The maximum Gasteiger partial charge on any atom is 0.257 e. The van der Waals surface area contributed by atoms with Gasteiger partial charge in [-0.1, -0.05) is 18.2 Å². The molecule has 0 aliphatic heterocycles. The first-order chi connectivity index (χ1) is 12.1. The summed E-state index contributed by atoms with van der Waals surface area (Å²) < 4.78 is 7.33. The summed E-state index contributed by atoms with van der Waals surface area (Å²) in [5.74, 6) is -0.0832. The predicted molar refractivity (Wildman–Crippen MR) is 102 cm³/mol. The Labute approximate surface area is 152 Å². The molecule has 130 valence electrons. The van der Waals surface area contributed by atoms with Gasteiger partial charge in [0.05, 0.1) is 18.7 Å². The van der Waals surface area contributed by atoms with Crippen LogP contribution in [0.15, 0.2) is 47.8 Å². The van der Waals surface area contributed by atoms with Gasteiger partial charge in [0, 0.05) is 29.1 Å². The summed E-state index contributed by atoms with van der Waals surface area (Å²) in [5, 5.41) is 5.07. The van der Waals surface area contributed by atoms with Crippen LogP contribution in [-0.2, 0) is 17.9 Å². The zero-order chi connectivity index (χ0) is 17.8. The number of anilines is 1. The number of hydrogen-bond acceptors (Lipinski definition) is 3. The molecule has 25 heavy (non-hydrogen) atoms. The Balaban J connectivity index is 1.79. The molecule has 0 saturated heterocycles. The van der Waals surface area contributed by atoms with E-state index in [4.69, 9.17) is 4.74 Å². The van der Waals surface area contributed by atoms with Crippen molar-refractivity contribution in [2.75, 3.05) is 12.4 Å². The summed E-state index contributed by atoms with van der Waals surface area (Å²) in [6.07, 6.45) is 0. The second-order valence-electron chi connectivity index (χ2n) is 6.04. The molecule has 0 radical (unpaired) electrons. The van der Waals surface area contributed by atoms with E-state index in [1.54, 1.807) is 18.4 Å². The average Bonchev–Trinajstić information content (AvgIpc) is 3.19. The van der Waals surface area contributed by atoms with Crippen molar-refractivity contribution in [1.29, 1.82) is 0 Å². The van der Waals surface area contributed by atoms with Gasteiger partial charge in [-0.05, 0) is 49.1 Å². The van der Waals surface area contributed by atoms with Crippen molar-refractivity contribution in [3.05, 3.63) is 75.2 Å². The van der Waals surface area contributed by atoms with E-state index in [0.29, 0.717) is 12.2 Å². The molecule has 0 aliphatic rings. The Morgan fingerprint density at radius 2 is 2.04 bits per heavy atom. The van der Waals surface area contributed by atoms with Gasteiger partial charge in [-0.25, -0.2) is 0 Å². The minimum Gasteiger partial charge on any atom is -0.380 e. The number of thiophene rings is 1. The molecule has 2 aromatic heterocycles. The van der Waals surface area contributed by atoms with Crippen LogP contribution in [0.3, 0.4) is 0 Å².